The number of fused-ring (bicyclic) bond motifs is 1. The molecule has 0 N–H and O–H groups in total. The second-order valence-corrected chi connectivity index (χ2v) is 8.71. The monoisotopic (exact) mass is 310 g/mol. The summed E-state index contributed by atoms with van der Waals surface area (Å²) in [4.78, 5) is 7.05. The minimum atomic E-state index is 0.541. The Morgan fingerprint density at radius 2 is 1.70 bits per heavy atom. The van der Waals surface area contributed by atoms with Gasteiger partial charge in [-0.3, -0.25) is 4.99 Å². The van der Waals surface area contributed by atoms with E-state index < -0.39 is 0 Å². The highest BCUT2D eigenvalue weighted by Crippen LogP contribution is 2.57. The molecule has 5 rings (SSSR count). The lowest BCUT2D eigenvalue weighted by Crippen LogP contribution is -2.36. The average Bonchev–Trinajstić information content (AvgIpc) is 2.72. The Kier molecular flexibility index (Phi) is 3.95. The topological polar surface area (TPSA) is 15.6 Å². The second-order valence-electron chi connectivity index (χ2n) is 8.71. The molecule has 4 saturated carbocycles. The van der Waals surface area contributed by atoms with Gasteiger partial charge in [0.05, 0.1) is 0 Å². The maximum absolute atomic E-state index is 4.91. The third-order valence-corrected chi connectivity index (χ3v) is 6.60. The van der Waals surface area contributed by atoms with Crippen LogP contribution in [-0.2, 0) is 0 Å². The predicted molar refractivity (Wildman–Crippen MR) is 98.5 cm³/mol. The van der Waals surface area contributed by atoms with Gasteiger partial charge in [0.2, 0.25) is 0 Å². The van der Waals surface area contributed by atoms with E-state index in [1.165, 1.54) is 56.2 Å². The first-order valence-corrected chi connectivity index (χ1v) is 9.39. The smallest absolute Gasteiger partial charge is 0.0446 e. The predicted octanol–water partition coefficient (Wildman–Crippen LogP) is 4.78. The van der Waals surface area contributed by atoms with E-state index in [-0.39, 0.29) is 0 Å². The molecule has 0 unspecified atom stereocenters. The van der Waals surface area contributed by atoms with Crippen LogP contribution in [0.25, 0.3) is 0 Å². The minimum Gasteiger partial charge on any atom is -0.378 e. The highest BCUT2D eigenvalue weighted by Gasteiger charge is 2.47. The molecule has 4 aliphatic rings. The number of hydrogen-bond donors (Lipinski definition) is 0. The largest absolute Gasteiger partial charge is 0.378 e. The van der Waals surface area contributed by atoms with Gasteiger partial charge in [0.1, 0.15) is 0 Å². The van der Waals surface area contributed by atoms with Crippen LogP contribution in [0, 0.1) is 23.2 Å². The maximum atomic E-state index is 4.91. The summed E-state index contributed by atoms with van der Waals surface area (Å²) in [6, 6.07) is 8.72. The normalized spacial score (nSPS) is 35.7. The van der Waals surface area contributed by atoms with Gasteiger partial charge in [-0.25, -0.2) is 0 Å². The van der Waals surface area contributed by atoms with Crippen molar-refractivity contribution in [3.63, 3.8) is 0 Å². The zero-order valence-corrected chi connectivity index (χ0v) is 14.7. The summed E-state index contributed by atoms with van der Waals surface area (Å²) in [6.07, 6.45) is 12.5. The lowest BCUT2D eigenvalue weighted by Gasteiger charge is -2.44. The fourth-order valence-electron chi connectivity index (χ4n) is 5.71. The molecule has 23 heavy (non-hydrogen) atoms. The van der Waals surface area contributed by atoms with Crippen LogP contribution in [0.1, 0.15) is 50.5 Å². The molecule has 2 nitrogen and oxygen atoms in total. The molecule has 0 heterocycles. The van der Waals surface area contributed by atoms with E-state index in [4.69, 9.17) is 4.99 Å². The first-order chi connectivity index (χ1) is 11.1. The Labute approximate surface area is 141 Å². The summed E-state index contributed by atoms with van der Waals surface area (Å²) in [6.45, 7) is 1.06. The number of aliphatic imine (C=N–C) groups is 1. The number of anilines is 1. The standard InChI is InChI=1S/C21H30N2/c1-23(2)20-5-3-16(4-6-20)14-22-15-21-8-7-17-9-18(12-21)11-19(10-17)13-21/h3-6,14,17-19H,7-13,15H2,1-2H3/t17?,18-,19-,21?/m1/s1. The summed E-state index contributed by atoms with van der Waals surface area (Å²) in [7, 11) is 4.16. The highest BCUT2D eigenvalue weighted by molar-refractivity contribution is 5.80. The first kappa shape index (κ1) is 15.2. The fraction of sp³-hybridized carbons (Fsp3) is 0.667. The van der Waals surface area contributed by atoms with Gasteiger partial charge in [-0.2, -0.15) is 0 Å². The molecule has 4 bridgehead atoms. The molecule has 4 aliphatic carbocycles. The van der Waals surface area contributed by atoms with Gasteiger partial charge < -0.3 is 4.90 Å². The van der Waals surface area contributed by atoms with E-state index in [0.29, 0.717) is 5.41 Å². The van der Waals surface area contributed by atoms with Crippen molar-refractivity contribution in [1.82, 2.24) is 0 Å². The quantitative estimate of drug-likeness (QED) is 0.731. The summed E-state index contributed by atoms with van der Waals surface area (Å²) in [5.41, 5.74) is 3.02. The zero-order chi connectivity index (χ0) is 15.9. The van der Waals surface area contributed by atoms with Crippen molar-refractivity contribution in [3.05, 3.63) is 29.8 Å². The minimum absolute atomic E-state index is 0.541. The molecule has 2 atom stereocenters. The molecule has 0 aromatic heterocycles. The van der Waals surface area contributed by atoms with Crippen molar-refractivity contribution in [2.45, 2.75) is 44.9 Å². The zero-order valence-electron chi connectivity index (χ0n) is 14.7. The van der Waals surface area contributed by atoms with E-state index in [1.807, 2.05) is 0 Å². The molecule has 1 aromatic rings. The van der Waals surface area contributed by atoms with Gasteiger partial charge in [0.25, 0.3) is 0 Å². The lowest BCUT2D eigenvalue weighted by atomic mass is 9.61. The third-order valence-electron chi connectivity index (χ3n) is 6.60. The van der Waals surface area contributed by atoms with Gasteiger partial charge in [-0.15, -0.1) is 0 Å². The molecule has 0 aliphatic heterocycles. The molecule has 2 heteroatoms. The van der Waals surface area contributed by atoms with Crippen LogP contribution in [0.3, 0.4) is 0 Å². The lowest BCUT2D eigenvalue weighted by molar-refractivity contribution is 0.0728. The van der Waals surface area contributed by atoms with E-state index >= 15 is 0 Å². The third kappa shape index (κ3) is 3.18. The number of benzene rings is 1. The second kappa shape index (κ2) is 5.96. The Hall–Kier alpha value is -1.31. The number of rotatable bonds is 4. The van der Waals surface area contributed by atoms with Crippen molar-refractivity contribution in [2.24, 2.45) is 28.2 Å². The molecular weight excluding hydrogens is 280 g/mol. The van der Waals surface area contributed by atoms with Gasteiger partial charge in [-0.1, -0.05) is 12.1 Å². The van der Waals surface area contributed by atoms with E-state index in [0.717, 1.165) is 24.3 Å². The van der Waals surface area contributed by atoms with Crippen LogP contribution in [0.15, 0.2) is 29.3 Å². The molecule has 0 radical (unpaired) electrons. The first-order valence-electron chi connectivity index (χ1n) is 9.39. The Morgan fingerprint density at radius 3 is 2.35 bits per heavy atom. The highest BCUT2D eigenvalue weighted by atomic mass is 15.1. The molecule has 1 aromatic carbocycles. The van der Waals surface area contributed by atoms with Gasteiger partial charge in [0, 0.05) is 32.5 Å². The number of nitrogens with zero attached hydrogens (tertiary/aromatic N) is 2. The Balaban J connectivity index is 1.43. The van der Waals surface area contributed by atoms with Crippen LogP contribution < -0.4 is 4.90 Å². The molecular formula is C21H30N2. The van der Waals surface area contributed by atoms with Crippen molar-refractivity contribution in [3.8, 4) is 0 Å². The fourth-order valence-corrected chi connectivity index (χ4v) is 5.71. The van der Waals surface area contributed by atoms with Gasteiger partial charge >= 0.3 is 0 Å². The van der Waals surface area contributed by atoms with Crippen molar-refractivity contribution >= 4 is 11.9 Å². The van der Waals surface area contributed by atoms with Gasteiger partial charge in [-0.05, 0) is 85.8 Å². The average molecular weight is 310 g/mol. The molecule has 124 valence electrons. The molecule has 0 saturated heterocycles. The van der Waals surface area contributed by atoms with Crippen molar-refractivity contribution in [1.29, 1.82) is 0 Å². The van der Waals surface area contributed by atoms with E-state index in [9.17, 15) is 0 Å². The summed E-state index contributed by atoms with van der Waals surface area (Å²) >= 11 is 0. The SMILES string of the molecule is CN(C)c1ccc(C=NCC23CCC4C[C@H](C[C@@H](C4)C2)C3)cc1. The summed E-state index contributed by atoms with van der Waals surface area (Å²) < 4.78 is 0. The van der Waals surface area contributed by atoms with Gasteiger partial charge in [0.15, 0.2) is 0 Å². The van der Waals surface area contributed by atoms with Crippen molar-refractivity contribution < 1.29 is 0 Å². The Morgan fingerprint density at radius 1 is 1.04 bits per heavy atom. The summed E-state index contributed by atoms with van der Waals surface area (Å²) in [5, 5.41) is 0. The van der Waals surface area contributed by atoms with Crippen LogP contribution >= 0.6 is 0 Å². The number of hydrogen-bond acceptors (Lipinski definition) is 2. The van der Waals surface area contributed by atoms with E-state index in [2.05, 4.69) is 49.5 Å². The van der Waals surface area contributed by atoms with E-state index in [1.54, 1.807) is 0 Å². The Bertz CT molecular complexity index is 558. The molecule has 0 amide bonds. The van der Waals surface area contributed by atoms with Crippen LogP contribution in [0.2, 0.25) is 0 Å². The van der Waals surface area contributed by atoms with Crippen LogP contribution in [0.5, 0.6) is 0 Å². The molecule has 4 fully saturated rings. The van der Waals surface area contributed by atoms with Crippen molar-refractivity contribution in [2.75, 3.05) is 25.5 Å². The molecule has 0 spiro atoms. The van der Waals surface area contributed by atoms with Crippen LogP contribution in [0.4, 0.5) is 5.69 Å². The summed E-state index contributed by atoms with van der Waals surface area (Å²) in [5.74, 6) is 3.08. The van der Waals surface area contributed by atoms with Crippen LogP contribution in [-0.4, -0.2) is 26.9 Å². The maximum Gasteiger partial charge on any atom is 0.0446 e.